The number of carbonyl (C=O) groups excluding carboxylic acids is 2. The molecule has 1 aliphatic heterocycles. The third-order valence-corrected chi connectivity index (χ3v) is 4.97. The maximum absolute atomic E-state index is 12.4. The van der Waals surface area contributed by atoms with Gasteiger partial charge < -0.3 is 18.8 Å². The second kappa shape index (κ2) is 9.82. The molecule has 0 unspecified atom stereocenters. The zero-order valence-corrected chi connectivity index (χ0v) is 17.6. The monoisotopic (exact) mass is 433 g/mol. The number of amides is 2. The number of methoxy groups -OCH3 is 1. The highest BCUT2D eigenvalue weighted by Crippen LogP contribution is 2.22. The molecule has 0 aliphatic carbocycles. The first-order chi connectivity index (χ1) is 15.6. The number of nitrogens with zero attached hydrogens (tertiary/aromatic N) is 2. The molecule has 4 rings (SSSR count). The molecule has 0 spiro atoms. The summed E-state index contributed by atoms with van der Waals surface area (Å²) in [5.41, 5.74) is 3.62. The Bertz CT molecular complexity index is 1120. The quantitative estimate of drug-likeness (QED) is 0.431. The van der Waals surface area contributed by atoms with Crippen LogP contribution in [-0.4, -0.2) is 31.7 Å². The molecule has 1 aromatic heterocycles. The Morgan fingerprint density at radius 1 is 1.16 bits per heavy atom. The van der Waals surface area contributed by atoms with E-state index in [2.05, 4.69) is 10.5 Å². The molecule has 1 N–H and O–H groups in total. The topological polar surface area (TPSA) is 93.4 Å². The van der Waals surface area contributed by atoms with Crippen molar-refractivity contribution < 1.29 is 23.5 Å². The Kier molecular flexibility index (Phi) is 6.50. The van der Waals surface area contributed by atoms with E-state index >= 15 is 0 Å². The first-order valence-corrected chi connectivity index (χ1v) is 10.2. The molecule has 0 atom stereocenters. The second-order valence-corrected chi connectivity index (χ2v) is 7.17. The molecule has 8 heteroatoms. The third kappa shape index (κ3) is 5.15. The molecule has 2 amide bonds. The third-order valence-electron chi connectivity index (χ3n) is 4.97. The summed E-state index contributed by atoms with van der Waals surface area (Å²) in [6, 6.07) is 17.7. The Labute approximate surface area is 185 Å². The fraction of sp³-hybridized carbons (Fsp3) is 0.208. The van der Waals surface area contributed by atoms with E-state index in [-0.39, 0.29) is 18.4 Å². The first kappa shape index (κ1) is 21.2. The smallest absolute Gasteiger partial charge is 0.271 e. The largest absolute Gasteiger partial charge is 0.497 e. The van der Waals surface area contributed by atoms with Gasteiger partial charge >= 0.3 is 0 Å². The van der Waals surface area contributed by atoms with Gasteiger partial charge in [0.2, 0.25) is 5.91 Å². The molecular weight excluding hydrogens is 410 g/mol. The van der Waals surface area contributed by atoms with Crippen molar-refractivity contribution in [2.24, 2.45) is 5.10 Å². The molecule has 8 nitrogen and oxygen atoms in total. The molecule has 2 aromatic carbocycles. The number of rotatable bonds is 8. The molecule has 0 radical (unpaired) electrons. The van der Waals surface area contributed by atoms with Gasteiger partial charge in [0.1, 0.15) is 29.6 Å². The van der Waals surface area contributed by atoms with Crippen LogP contribution in [0.4, 0.5) is 5.69 Å². The summed E-state index contributed by atoms with van der Waals surface area (Å²) in [4.78, 5) is 26.0. The lowest BCUT2D eigenvalue weighted by Gasteiger charge is -2.16. The Morgan fingerprint density at radius 2 is 1.97 bits per heavy atom. The van der Waals surface area contributed by atoms with Gasteiger partial charge in [0.25, 0.3) is 5.91 Å². The summed E-state index contributed by atoms with van der Waals surface area (Å²) in [5, 5.41) is 3.96. The summed E-state index contributed by atoms with van der Waals surface area (Å²) >= 11 is 0. The van der Waals surface area contributed by atoms with Crippen molar-refractivity contribution in [1.82, 2.24) is 5.43 Å². The lowest BCUT2D eigenvalue weighted by atomic mass is 10.2. The van der Waals surface area contributed by atoms with Crippen molar-refractivity contribution in [2.75, 3.05) is 18.6 Å². The summed E-state index contributed by atoms with van der Waals surface area (Å²) in [5.74, 6) is 2.26. The van der Waals surface area contributed by atoms with E-state index in [0.29, 0.717) is 35.8 Å². The number of hydrogen-bond acceptors (Lipinski definition) is 6. The van der Waals surface area contributed by atoms with E-state index in [1.54, 1.807) is 42.3 Å². The zero-order chi connectivity index (χ0) is 22.3. The highest BCUT2D eigenvalue weighted by Gasteiger charge is 2.22. The second-order valence-electron chi connectivity index (χ2n) is 7.17. The van der Waals surface area contributed by atoms with Gasteiger partial charge in [-0.1, -0.05) is 6.07 Å². The van der Waals surface area contributed by atoms with Crippen LogP contribution in [0.25, 0.3) is 0 Å². The average Bonchev–Trinajstić information content (AvgIpc) is 3.47. The maximum Gasteiger partial charge on any atom is 0.271 e. The number of nitrogens with one attached hydrogen (secondary N) is 1. The van der Waals surface area contributed by atoms with E-state index in [1.165, 1.54) is 6.21 Å². The van der Waals surface area contributed by atoms with Gasteiger partial charge in [-0.25, -0.2) is 5.43 Å². The van der Waals surface area contributed by atoms with Gasteiger partial charge in [-0.2, -0.15) is 5.10 Å². The van der Waals surface area contributed by atoms with E-state index in [0.717, 1.165) is 17.9 Å². The van der Waals surface area contributed by atoms with Crippen LogP contribution in [0.1, 0.15) is 34.7 Å². The lowest BCUT2D eigenvalue weighted by Crippen LogP contribution is -2.24. The van der Waals surface area contributed by atoms with Crippen molar-refractivity contribution in [3.8, 4) is 11.5 Å². The highest BCUT2D eigenvalue weighted by atomic mass is 16.5. The van der Waals surface area contributed by atoms with Crippen LogP contribution in [0.15, 0.2) is 70.2 Å². The molecule has 2 heterocycles. The molecular formula is C24H23N3O5. The molecule has 1 fully saturated rings. The number of hydrazone groups is 1. The fourth-order valence-corrected chi connectivity index (χ4v) is 3.32. The Balaban J connectivity index is 1.30. The van der Waals surface area contributed by atoms with Crippen LogP contribution in [-0.2, 0) is 11.4 Å². The molecule has 32 heavy (non-hydrogen) atoms. The SMILES string of the molecule is COc1ccc(OCc2ccc(/C=N/NC(=O)c3cccc(N4CCCC4=O)c3)o2)cc1. The number of ether oxygens (including phenoxy) is 2. The number of carbonyl (C=O) groups is 2. The number of benzene rings is 2. The fourth-order valence-electron chi connectivity index (χ4n) is 3.32. The zero-order valence-electron chi connectivity index (χ0n) is 17.6. The molecule has 0 bridgehead atoms. The normalized spacial score (nSPS) is 13.5. The minimum absolute atomic E-state index is 0.0742. The number of hydrogen-bond donors (Lipinski definition) is 1. The first-order valence-electron chi connectivity index (χ1n) is 10.2. The average molecular weight is 433 g/mol. The van der Waals surface area contributed by atoms with Crippen LogP contribution < -0.4 is 19.8 Å². The van der Waals surface area contributed by atoms with Crippen LogP contribution >= 0.6 is 0 Å². The van der Waals surface area contributed by atoms with E-state index in [4.69, 9.17) is 13.9 Å². The molecule has 0 saturated carbocycles. The standard InChI is InChI=1S/C24H23N3O5/c1-30-19-7-9-20(10-8-19)31-16-22-12-11-21(32-22)15-25-26-24(29)17-4-2-5-18(14-17)27-13-3-6-23(27)28/h2,4-5,7-12,14-15H,3,6,13,16H2,1H3,(H,26,29)/b25-15+. The molecule has 1 saturated heterocycles. The van der Waals surface area contributed by atoms with Gasteiger partial charge in [-0.3, -0.25) is 9.59 Å². The van der Waals surface area contributed by atoms with Crippen LogP contribution in [0.2, 0.25) is 0 Å². The van der Waals surface area contributed by atoms with Gasteiger partial charge in [0.05, 0.1) is 13.3 Å². The molecule has 1 aliphatic rings. The summed E-state index contributed by atoms with van der Waals surface area (Å²) < 4.78 is 16.4. The van der Waals surface area contributed by atoms with E-state index in [9.17, 15) is 9.59 Å². The summed E-state index contributed by atoms with van der Waals surface area (Å²) in [7, 11) is 1.61. The van der Waals surface area contributed by atoms with Crippen LogP contribution in [0.3, 0.4) is 0 Å². The van der Waals surface area contributed by atoms with E-state index in [1.807, 2.05) is 30.3 Å². The minimum atomic E-state index is -0.371. The van der Waals surface area contributed by atoms with Crippen molar-refractivity contribution in [3.05, 3.63) is 77.7 Å². The maximum atomic E-state index is 12.4. The minimum Gasteiger partial charge on any atom is -0.497 e. The van der Waals surface area contributed by atoms with Gasteiger partial charge in [-0.05, 0) is 61.0 Å². The van der Waals surface area contributed by atoms with Gasteiger partial charge in [0, 0.05) is 24.2 Å². The van der Waals surface area contributed by atoms with Crippen molar-refractivity contribution in [1.29, 1.82) is 0 Å². The summed E-state index contributed by atoms with van der Waals surface area (Å²) in [6.07, 6.45) is 2.79. The van der Waals surface area contributed by atoms with Crippen molar-refractivity contribution >= 4 is 23.7 Å². The highest BCUT2D eigenvalue weighted by molar-refractivity contribution is 5.99. The van der Waals surface area contributed by atoms with Gasteiger partial charge in [0.15, 0.2) is 0 Å². The lowest BCUT2D eigenvalue weighted by molar-refractivity contribution is -0.117. The number of anilines is 1. The number of furan rings is 1. The Hall–Kier alpha value is -4.07. The van der Waals surface area contributed by atoms with Crippen molar-refractivity contribution in [2.45, 2.75) is 19.4 Å². The van der Waals surface area contributed by atoms with Crippen molar-refractivity contribution in [3.63, 3.8) is 0 Å². The Morgan fingerprint density at radius 3 is 2.72 bits per heavy atom. The van der Waals surface area contributed by atoms with E-state index < -0.39 is 0 Å². The molecule has 164 valence electrons. The van der Waals surface area contributed by atoms with Crippen LogP contribution in [0, 0.1) is 0 Å². The predicted molar refractivity (Wildman–Crippen MR) is 119 cm³/mol. The van der Waals surface area contributed by atoms with Gasteiger partial charge in [-0.15, -0.1) is 0 Å². The van der Waals surface area contributed by atoms with Crippen LogP contribution in [0.5, 0.6) is 11.5 Å². The molecule has 3 aromatic rings. The predicted octanol–water partition coefficient (Wildman–Crippen LogP) is 3.76. The summed E-state index contributed by atoms with van der Waals surface area (Å²) in [6.45, 7) is 0.930.